The van der Waals surface area contributed by atoms with Gasteiger partial charge in [-0.3, -0.25) is 0 Å². The first-order valence-corrected chi connectivity index (χ1v) is 12.7. The molecule has 0 saturated carbocycles. The molecule has 27 heavy (non-hydrogen) atoms. The molecule has 0 atom stereocenters. The molecule has 2 aromatic rings. The molecule has 0 bridgehead atoms. The number of halogens is 1. The van der Waals surface area contributed by atoms with Crippen molar-refractivity contribution in [1.82, 2.24) is 9.55 Å². The summed E-state index contributed by atoms with van der Waals surface area (Å²) in [6, 6.07) is 7.50. The van der Waals surface area contributed by atoms with Gasteiger partial charge in [-0.15, -0.1) is 0 Å². The zero-order valence-electron chi connectivity index (χ0n) is 17.1. The normalized spacial score (nSPS) is 12.2. The second-order valence-electron chi connectivity index (χ2n) is 8.52. The SMILES string of the molecule is CC(C)(C)[Si](C)(C)OCCCCc1cn(Cc2ccc(C#N)cc2Cl)cn1. The zero-order chi connectivity index (χ0) is 20.1. The highest BCUT2D eigenvalue weighted by Gasteiger charge is 2.36. The Hall–Kier alpha value is -1.61. The van der Waals surface area contributed by atoms with Crippen molar-refractivity contribution < 1.29 is 4.43 Å². The first-order valence-electron chi connectivity index (χ1n) is 9.45. The van der Waals surface area contributed by atoms with Crippen molar-refractivity contribution in [3.8, 4) is 6.07 Å². The molecule has 0 saturated heterocycles. The number of nitriles is 1. The number of unbranched alkanes of at least 4 members (excludes halogenated alkanes) is 1. The quantitative estimate of drug-likeness (QED) is 0.413. The molecular weight excluding hydrogens is 374 g/mol. The van der Waals surface area contributed by atoms with Gasteiger partial charge in [0.2, 0.25) is 0 Å². The Balaban J connectivity index is 1.79. The first-order chi connectivity index (χ1) is 12.6. The van der Waals surface area contributed by atoms with E-state index in [0.717, 1.165) is 37.1 Å². The number of nitrogens with zero attached hydrogens (tertiary/aromatic N) is 3. The van der Waals surface area contributed by atoms with E-state index in [1.54, 1.807) is 12.1 Å². The number of imidazole rings is 1. The topological polar surface area (TPSA) is 50.8 Å². The van der Waals surface area contributed by atoms with Crippen LogP contribution < -0.4 is 0 Å². The lowest BCUT2D eigenvalue weighted by Crippen LogP contribution is -2.40. The molecule has 1 aromatic heterocycles. The molecule has 0 N–H and O–H groups in total. The van der Waals surface area contributed by atoms with Crippen LogP contribution in [0, 0.1) is 11.3 Å². The van der Waals surface area contributed by atoms with Crippen LogP contribution in [0.25, 0.3) is 0 Å². The largest absolute Gasteiger partial charge is 0.417 e. The van der Waals surface area contributed by atoms with Crippen LogP contribution in [0.2, 0.25) is 23.2 Å². The van der Waals surface area contributed by atoms with Gasteiger partial charge in [-0.25, -0.2) is 4.98 Å². The van der Waals surface area contributed by atoms with Gasteiger partial charge in [0.05, 0.1) is 23.7 Å². The Labute approximate surface area is 169 Å². The Morgan fingerprint density at radius 1 is 1.26 bits per heavy atom. The van der Waals surface area contributed by atoms with E-state index in [1.807, 2.05) is 17.0 Å². The highest BCUT2D eigenvalue weighted by atomic mass is 35.5. The molecule has 1 heterocycles. The standard InChI is InChI=1S/C21H30ClN3OSi/c1-21(2,3)27(4,5)26-11-7-6-8-19-15-25(16-24-19)14-18-10-9-17(13-23)12-20(18)22/h9-10,12,15-16H,6-8,11,14H2,1-5H3. The van der Waals surface area contributed by atoms with Crippen molar-refractivity contribution in [2.75, 3.05) is 6.61 Å². The molecule has 146 valence electrons. The molecular formula is C21H30ClN3OSi. The molecule has 4 nitrogen and oxygen atoms in total. The number of rotatable bonds is 8. The summed E-state index contributed by atoms with van der Waals surface area (Å²) in [5.74, 6) is 0. The third-order valence-electron chi connectivity index (χ3n) is 5.32. The highest BCUT2D eigenvalue weighted by Crippen LogP contribution is 2.36. The van der Waals surface area contributed by atoms with Crippen LogP contribution in [0.1, 0.15) is 50.4 Å². The maximum atomic E-state index is 8.92. The maximum absolute atomic E-state index is 8.92. The predicted molar refractivity (Wildman–Crippen MR) is 114 cm³/mol. The second kappa shape index (κ2) is 9.05. The molecule has 1 aromatic carbocycles. The summed E-state index contributed by atoms with van der Waals surface area (Å²) >= 11 is 6.26. The Morgan fingerprint density at radius 2 is 2.00 bits per heavy atom. The summed E-state index contributed by atoms with van der Waals surface area (Å²) in [6.07, 6.45) is 7.00. The predicted octanol–water partition coefficient (Wildman–Crippen LogP) is 5.80. The minimum absolute atomic E-state index is 0.262. The van der Waals surface area contributed by atoms with Crippen molar-refractivity contribution >= 4 is 19.9 Å². The number of hydrogen-bond acceptors (Lipinski definition) is 3. The fraction of sp³-hybridized carbons (Fsp3) is 0.524. The van der Waals surface area contributed by atoms with E-state index >= 15 is 0 Å². The van der Waals surface area contributed by atoms with Crippen LogP contribution in [-0.4, -0.2) is 24.5 Å². The van der Waals surface area contributed by atoms with E-state index in [9.17, 15) is 0 Å². The Morgan fingerprint density at radius 3 is 2.63 bits per heavy atom. The summed E-state index contributed by atoms with van der Waals surface area (Å²) in [4.78, 5) is 4.50. The van der Waals surface area contributed by atoms with E-state index in [1.165, 1.54) is 0 Å². The summed E-state index contributed by atoms with van der Waals surface area (Å²) in [6.45, 7) is 12.9. The van der Waals surface area contributed by atoms with Crippen LogP contribution in [0.4, 0.5) is 0 Å². The van der Waals surface area contributed by atoms with Gasteiger partial charge in [-0.2, -0.15) is 5.26 Å². The lowest BCUT2D eigenvalue weighted by molar-refractivity contribution is 0.279. The zero-order valence-corrected chi connectivity index (χ0v) is 18.8. The lowest BCUT2D eigenvalue weighted by Gasteiger charge is -2.36. The number of aryl methyl sites for hydroxylation is 1. The minimum Gasteiger partial charge on any atom is -0.417 e. The van der Waals surface area contributed by atoms with Gasteiger partial charge in [0.15, 0.2) is 8.32 Å². The molecule has 0 aliphatic rings. The summed E-state index contributed by atoms with van der Waals surface area (Å²) in [5, 5.41) is 9.80. The van der Waals surface area contributed by atoms with Gasteiger partial charge in [0.1, 0.15) is 0 Å². The highest BCUT2D eigenvalue weighted by molar-refractivity contribution is 6.74. The van der Waals surface area contributed by atoms with E-state index in [2.05, 4.69) is 51.1 Å². The second-order valence-corrected chi connectivity index (χ2v) is 13.7. The summed E-state index contributed by atoms with van der Waals surface area (Å²) in [5.41, 5.74) is 2.66. The monoisotopic (exact) mass is 403 g/mol. The van der Waals surface area contributed by atoms with Gasteiger partial charge in [-0.05, 0) is 55.1 Å². The Kier molecular flexibility index (Phi) is 7.27. The number of aromatic nitrogens is 2. The average Bonchev–Trinajstić information content (AvgIpc) is 3.02. The summed E-state index contributed by atoms with van der Waals surface area (Å²) in [7, 11) is -1.64. The molecule has 0 fully saturated rings. The Bertz CT molecular complexity index is 802. The minimum atomic E-state index is -1.64. The van der Waals surface area contributed by atoms with E-state index in [-0.39, 0.29) is 5.04 Å². The van der Waals surface area contributed by atoms with Crippen molar-refractivity contribution in [3.63, 3.8) is 0 Å². The van der Waals surface area contributed by atoms with Gasteiger partial charge in [0, 0.05) is 24.4 Å². The third-order valence-corrected chi connectivity index (χ3v) is 10.2. The van der Waals surface area contributed by atoms with Crippen molar-refractivity contribution in [3.05, 3.63) is 52.6 Å². The molecule has 0 amide bonds. The maximum Gasteiger partial charge on any atom is 0.191 e. The molecule has 0 spiro atoms. The average molecular weight is 404 g/mol. The van der Waals surface area contributed by atoms with Gasteiger partial charge in [-0.1, -0.05) is 38.4 Å². The van der Waals surface area contributed by atoms with Crippen molar-refractivity contribution in [2.24, 2.45) is 0 Å². The van der Waals surface area contributed by atoms with Gasteiger partial charge >= 0.3 is 0 Å². The van der Waals surface area contributed by atoms with Crippen LogP contribution in [0.15, 0.2) is 30.7 Å². The molecule has 0 aliphatic heterocycles. The number of benzene rings is 1. The first kappa shape index (κ1) is 21.7. The fourth-order valence-corrected chi connectivity index (χ4v) is 3.84. The van der Waals surface area contributed by atoms with Crippen LogP contribution in [0.3, 0.4) is 0 Å². The van der Waals surface area contributed by atoms with Crippen molar-refractivity contribution in [1.29, 1.82) is 5.26 Å². The van der Waals surface area contributed by atoms with E-state index in [0.29, 0.717) is 17.1 Å². The fourth-order valence-electron chi connectivity index (χ4n) is 2.52. The molecule has 0 unspecified atom stereocenters. The van der Waals surface area contributed by atoms with E-state index in [4.69, 9.17) is 21.3 Å². The van der Waals surface area contributed by atoms with Gasteiger partial charge in [0.25, 0.3) is 0 Å². The van der Waals surface area contributed by atoms with Crippen LogP contribution in [-0.2, 0) is 17.4 Å². The molecule has 2 rings (SSSR count). The lowest BCUT2D eigenvalue weighted by atomic mass is 10.1. The smallest absolute Gasteiger partial charge is 0.191 e. The van der Waals surface area contributed by atoms with E-state index < -0.39 is 8.32 Å². The van der Waals surface area contributed by atoms with Crippen LogP contribution in [0.5, 0.6) is 0 Å². The molecule has 6 heteroatoms. The van der Waals surface area contributed by atoms with Gasteiger partial charge < -0.3 is 8.99 Å². The third kappa shape index (κ3) is 6.20. The van der Waals surface area contributed by atoms with Crippen LogP contribution >= 0.6 is 11.6 Å². The van der Waals surface area contributed by atoms with Crippen molar-refractivity contribution in [2.45, 2.75) is 64.7 Å². The molecule has 0 radical (unpaired) electrons. The summed E-state index contributed by atoms with van der Waals surface area (Å²) < 4.78 is 8.26. The number of hydrogen-bond donors (Lipinski definition) is 0. The molecule has 0 aliphatic carbocycles.